The van der Waals surface area contributed by atoms with Crippen molar-refractivity contribution in [3.63, 3.8) is 0 Å². The normalized spacial score (nSPS) is 11.6. The minimum Gasteiger partial charge on any atom is -0.324 e. The van der Waals surface area contributed by atoms with E-state index >= 15 is 0 Å². The molecule has 0 unspecified atom stereocenters. The summed E-state index contributed by atoms with van der Waals surface area (Å²) in [4.78, 5) is 19.8. The van der Waals surface area contributed by atoms with Gasteiger partial charge in [0, 0.05) is 5.56 Å². The Morgan fingerprint density at radius 2 is 1.92 bits per heavy atom. The minimum absolute atomic E-state index is 0.0327. The number of aromatic nitrogens is 2. The van der Waals surface area contributed by atoms with Gasteiger partial charge in [-0.05, 0) is 43.8 Å². The second-order valence-electron chi connectivity index (χ2n) is 5.24. The number of para-hydroxylation sites is 2. The molecule has 3 N–H and O–H groups in total. The molecule has 0 aliphatic heterocycles. The zero-order valence-electron chi connectivity index (χ0n) is 13.1. The Morgan fingerprint density at radius 3 is 2.62 bits per heavy atom. The number of hydrogen-bond donors (Lipinski definition) is 3. The number of aryl methyl sites for hydroxylation is 1. The summed E-state index contributed by atoms with van der Waals surface area (Å²) in [6.45, 7) is 1.74. The molecular formula is C16H16N4O3S. The molecule has 0 bridgehead atoms. The highest BCUT2D eigenvalue weighted by molar-refractivity contribution is 7.89. The van der Waals surface area contributed by atoms with E-state index in [0.717, 1.165) is 11.0 Å². The van der Waals surface area contributed by atoms with Gasteiger partial charge in [-0.3, -0.25) is 10.1 Å². The number of rotatable bonds is 4. The standard InChI is InChI=1S/C16H16N4O3S/c1-10-7-8-11(24(22,23)17-2)9-12(10)15(21)20-16-18-13-5-3-4-6-14(13)19-16/h3-9,17H,1-2H3,(H2,18,19,20,21). The Hall–Kier alpha value is -2.71. The predicted octanol–water partition coefficient (Wildman–Crippen LogP) is 2.03. The molecule has 0 radical (unpaired) electrons. The smallest absolute Gasteiger partial charge is 0.258 e. The molecule has 3 aromatic rings. The number of nitrogens with zero attached hydrogens (tertiary/aromatic N) is 1. The molecule has 0 saturated heterocycles. The second-order valence-corrected chi connectivity index (χ2v) is 7.13. The Morgan fingerprint density at radius 1 is 1.17 bits per heavy atom. The summed E-state index contributed by atoms with van der Waals surface area (Å²) in [5.41, 5.74) is 2.47. The van der Waals surface area contributed by atoms with Crippen LogP contribution in [0.4, 0.5) is 5.95 Å². The Labute approximate surface area is 139 Å². The van der Waals surface area contributed by atoms with E-state index in [9.17, 15) is 13.2 Å². The van der Waals surface area contributed by atoms with Crippen molar-refractivity contribution in [3.8, 4) is 0 Å². The van der Waals surface area contributed by atoms with Crippen molar-refractivity contribution < 1.29 is 13.2 Å². The zero-order chi connectivity index (χ0) is 17.3. The number of aromatic amines is 1. The lowest BCUT2D eigenvalue weighted by molar-refractivity contribution is 0.102. The van der Waals surface area contributed by atoms with Crippen LogP contribution in [0.15, 0.2) is 47.4 Å². The first-order valence-electron chi connectivity index (χ1n) is 7.21. The highest BCUT2D eigenvalue weighted by Crippen LogP contribution is 2.18. The van der Waals surface area contributed by atoms with E-state index < -0.39 is 15.9 Å². The zero-order valence-corrected chi connectivity index (χ0v) is 13.9. The number of benzene rings is 2. The first-order valence-corrected chi connectivity index (χ1v) is 8.69. The molecule has 8 heteroatoms. The molecular weight excluding hydrogens is 328 g/mol. The maximum atomic E-state index is 12.5. The monoisotopic (exact) mass is 344 g/mol. The van der Waals surface area contributed by atoms with E-state index in [-0.39, 0.29) is 10.5 Å². The number of fused-ring (bicyclic) bond motifs is 1. The molecule has 0 aliphatic rings. The fourth-order valence-corrected chi connectivity index (χ4v) is 3.07. The van der Waals surface area contributed by atoms with Crippen LogP contribution in [0, 0.1) is 6.92 Å². The van der Waals surface area contributed by atoms with Crippen LogP contribution in [0.1, 0.15) is 15.9 Å². The van der Waals surface area contributed by atoms with Gasteiger partial charge in [0.1, 0.15) is 0 Å². The van der Waals surface area contributed by atoms with Crippen LogP contribution in [0.5, 0.6) is 0 Å². The molecule has 124 valence electrons. The van der Waals surface area contributed by atoms with Gasteiger partial charge in [-0.15, -0.1) is 0 Å². The molecule has 0 fully saturated rings. The highest BCUT2D eigenvalue weighted by Gasteiger charge is 2.17. The molecule has 1 aromatic heterocycles. The van der Waals surface area contributed by atoms with E-state index in [2.05, 4.69) is 20.0 Å². The molecule has 1 amide bonds. The average Bonchev–Trinajstić information content (AvgIpc) is 2.97. The molecule has 0 aliphatic carbocycles. The lowest BCUT2D eigenvalue weighted by atomic mass is 10.1. The summed E-state index contributed by atoms with van der Waals surface area (Å²) < 4.78 is 26.0. The Kier molecular flexibility index (Phi) is 4.08. The van der Waals surface area contributed by atoms with E-state index in [0.29, 0.717) is 11.5 Å². The van der Waals surface area contributed by atoms with Crippen molar-refractivity contribution in [2.45, 2.75) is 11.8 Å². The quantitative estimate of drug-likeness (QED) is 0.673. The summed E-state index contributed by atoms with van der Waals surface area (Å²) in [5, 5.41) is 2.66. The van der Waals surface area contributed by atoms with E-state index in [4.69, 9.17) is 0 Å². The third-order valence-electron chi connectivity index (χ3n) is 3.65. The average molecular weight is 344 g/mol. The summed E-state index contributed by atoms with van der Waals surface area (Å²) in [6.07, 6.45) is 0. The van der Waals surface area contributed by atoms with E-state index in [1.807, 2.05) is 24.3 Å². The van der Waals surface area contributed by atoms with Crippen molar-refractivity contribution in [2.75, 3.05) is 12.4 Å². The summed E-state index contributed by atoms with van der Waals surface area (Å²) in [7, 11) is -2.30. The van der Waals surface area contributed by atoms with Gasteiger partial charge in [-0.2, -0.15) is 0 Å². The van der Waals surface area contributed by atoms with Crippen molar-refractivity contribution in [3.05, 3.63) is 53.6 Å². The lowest BCUT2D eigenvalue weighted by Gasteiger charge is -2.08. The van der Waals surface area contributed by atoms with Gasteiger partial charge < -0.3 is 4.98 Å². The van der Waals surface area contributed by atoms with Crippen LogP contribution in [-0.2, 0) is 10.0 Å². The molecule has 1 heterocycles. The molecule has 3 rings (SSSR count). The number of nitrogens with one attached hydrogen (secondary N) is 3. The SMILES string of the molecule is CNS(=O)(=O)c1ccc(C)c(C(=O)Nc2nc3ccccc3[nH]2)c1. The van der Waals surface area contributed by atoms with Gasteiger partial charge >= 0.3 is 0 Å². The van der Waals surface area contributed by atoms with E-state index in [1.54, 1.807) is 13.0 Å². The molecule has 0 spiro atoms. The van der Waals surface area contributed by atoms with Crippen LogP contribution in [0.25, 0.3) is 11.0 Å². The number of carbonyl (C=O) groups is 1. The molecule has 24 heavy (non-hydrogen) atoms. The Balaban J connectivity index is 1.93. The summed E-state index contributed by atoms with van der Waals surface area (Å²) in [5.74, 6) is -0.123. The van der Waals surface area contributed by atoms with Crippen molar-refractivity contribution in [2.24, 2.45) is 0 Å². The van der Waals surface area contributed by atoms with E-state index in [1.165, 1.54) is 19.2 Å². The van der Waals surface area contributed by atoms with Crippen molar-refractivity contribution in [1.82, 2.24) is 14.7 Å². The maximum Gasteiger partial charge on any atom is 0.258 e. The van der Waals surface area contributed by atoms with Crippen LogP contribution in [-0.4, -0.2) is 31.3 Å². The maximum absolute atomic E-state index is 12.5. The number of anilines is 1. The van der Waals surface area contributed by atoms with Crippen molar-refractivity contribution >= 4 is 32.9 Å². The van der Waals surface area contributed by atoms with Gasteiger partial charge in [0.25, 0.3) is 5.91 Å². The fourth-order valence-electron chi connectivity index (χ4n) is 2.32. The third-order valence-corrected chi connectivity index (χ3v) is 5.07. The highest BCUT2D eigenvalue weighted by atomic mass is 32.2. The number of hydrogen-bond acceptors (Lipinski definition) is 4. The van der Waals surface area contributed by atoms with Crippen molar-refractivity contribution in [1.29, 1.82) is 0 Å². The number of sulfonamides is 1. The predicted molar refractivity (Wildman–Crippen MR) is 91.5 cm³/mol. The van der Waals surface area contributed by atoms with Gasteiger partial charge in [-0.25, -0.2) is 18.1 Å². The first-order chi connectivity index (χ1) is 11.4. The van der Waals surface area contributed by atoms with Gasteiger partial charge in [-0.1, -0.05) is 18.2 Å². The number of carbonyl (C=O) groups excluding carboxylic acids is 1. The molecule has 0 saturated carbocycles. The minimum atomic E-state index is -3.62. The van der Waals surface area contributed by atoms with Gasteiger partial charge in [0.2, 0.25) is 16.0 Å². The fraction of sp³-hybridized carbons (Fsp3) is 0.125. The first kappa shape index (κ1) is 16.2. The summed E-state index contributed by atoms with van der Waals surface area (Å²) >= 11 is 0. The number of amides is 1. The largest absolute Gasteiger partial charge is 0.324 e. The van der Waals surface area contributed by atoms with Crippen LogP contribution < -0.4 is 10.0 Å². The molecule has 7 nitrogen and oxygen atoms in total. The van der Waals surface area contributed by atoms with Crippen LogP contribution in [0.3, 0.4) is 0 Å². The number of H-pyrrole nitrogens is 1. The van der Waals surface area contributed by atoms with Gasteiger partial charge in [0.05, 0.1) is 15.9 Å². The Bertz CT molecular complexity index is 992. The molecule has 0 atom stereocenters. The van der Waals surface area contributed by atoms with Crippen LogP contribution >= 0.6 is 0 Å². The summed E-state index contributed by atoms with van der Waals surface area (Å²) in [6, 6.07) is 11.8. The van der Waals surface area contributed by atoms with Gasteiger partial charge in [0.15, 0.2) is 0 Å². The number of imidazole rings is 1. The molecule has 2 aromatic carbocycles. The topological polar surface area (TPSA) is 104 Å². The van der Waals surface area contributed by atoms with Crippen LogP contribution in [0.2, 0.25) is 0 Å². The third kappa shape index (κ3) is 3.01. The second kappa shape index (κ2) is 6.06. The lowest BCUT2D eigenvalue weighted by Crippen LogP contribution is -2.20.